The Bertz CT molecular complexity index is 416. The maximum absolute atomic E-state index is 11.3. The van der Waals surface area contributed by atoms with E-state index in [9.17, 15) is 9.90 Å². The Balaban J connectivity index is 2.08. The predicted molar refractivity (Wildman–Crippen MR) is 68.1 cm³/mol. The number of carbonyl (C=O) groups is 1. The summed E-state index contributed by atoms with van der Waals surface area (Å²) in [6.45, 7) is 6.56. The van der Waals surface area contributed by atoms with E-state index < -0.39 is 5.97 Å². The van der Waals surface area contributed by atoms with Crippen molar-refractivity contribution >= 4 is 5.97 Å². The fraction of sp³-hybridized carbons (Fsp3) is 0.692. The van der Waals surface area contributed by atoms with E-state index in [1.54, 1.807) is 6.20 Å². The molecule has 2 atom stereocenters. The molecule has 2 rings (SSSR count). The molecular weight excluding hydrogens is 230 g/mol. The smallest absolute Gasteiger partial charge is 0.321 e. The van der Waals surface area contributed by atoms with Gasteiger partial charge < -0.3 is 5.11 Å². The Hall–Kier alpha value is -1.36. The highest BCUT2D eigenvalue weighted by molar-refractivity contribution is 5.74. The molecule has 1 N–H and O–H groups in total. The summed E-state index contributed by atoms with van der Waals surface area (Å²) in [7, 11) is 0. The molecule has 1 aromatic heterocycles. The summed E-state index contributed by atoms with van der Waals surface area (Å²) >= 11 is 0. The first-order valence-electron chi connectivity index (χ1n) is 6.61. The van der Waals surface area contributed by atoms with Crippen molar-refractivity contribution in [1.29, 1.82) is 0 Å². The first-order valence-corrected chi connectivity index (χ1v) is 6.61. The molecule has 0 bridgehead atoms. The van der Waals surface area contributed by atoms with Gasteiger partial charge in [0.2, 0.25) is 0 Å². The zero-order valence-corrected chi connectivity index (χ0v) is 11.0. The molecule has 1 aromatic rings. The molecule has 1 aliphatic rings. The topological polar surface area (TPSA) is 58.4 Å². The predicted octanol–water partition coefficient (Wildman–Crippen LogP) is 1.59. The Morgan fingerprint density at radius 2 is 2.39 bits per heavy atom. The van der Waals surface area contributed by atoms with E-state index in [1.807, 2.05) is 17.7 Å². The Kier molecular flexibility index (Phi) is 4.01. The van der Waals surface area contributed by atoms with E-state index >= 15 is 0 Å². The largest absolute Gasteiger partial charge is 0.480 e. The van der Waals surface area contributed by atoms with Crippen molar-refractivity contribution in [1.82, 2.24) is 14.7 Å². The van der Waals surface area contributed by atoms with Gasteiger partial charge in [0.15, 0.2) is 0 Å². The molecule has 0 amide bonds. The molecule has 1 aliphatic heterocycles. The van der Waals surface area contributed by atoms with Gasteiger partial charge in [-0.25, -0.2) is 0 Å². The molecule has 1 fully saturated rings. The van der Waals surface area contributed by atoms with E-state index in [0.717, 1.165) is 31.6 Å². The van der Waals surface area contributed by atoms with Crippen molar-refractivity contribution in [2.24, 2.45) is 5.92 Å². The van der Waals surface area contributed by atoms with E-state index in [-0.39, 0.29) is 12.0 Å². The van der Waals surface area contributed by atoms with Crippen LogP contribution in [0.25, 0.3) is 0 Å². The van der Waals surface area contributed by atoms with Crippen LogP contribution >= 0.6 is 0 Å². The van der Waals surface area contributed by atoms with Crippen LogP contribution in [-0.4, -0.2) is 38.3 Å². The summed E-state index contributed by atoms with van der Waals surface area (Å²) in [5.74, 6) is -0.480. The van der Waals surface area contributed by atoms with Crippen LogP contribution in [0.2, 0.25) is 0 Å². The summed E-state index contributed by atoms with van der Waals surface area (Å²) in [4.78, 5) is 13.3. The summed E-state index contributed by atoms with van der Waals surface area (Å²) in [6.07, 6.45) is 3.78. The van der Waals surface area contributed by atoms with Gasteiger partial charge >= 0.3 is 5.97 Å². The second kappa shape index (κ2) is 5.52. The minimum absolute atomic E-state index is 0.227. The number of carboxylic acids is 1. The minimum atomic E-state index is -0.707. The summed E-state index contributed by atoms with van der Waals surface area (Å²) in [5, 5.41) is 13.6. The molecule has 0 saturated carbocycles. The van der Waals surface area contributed by atoms with Crippen molar-refractivity contribution in [2.75, 3.05) is 6.54 Å². The number of aryl methyl sites for hydroxylation is 1. The molecule has 0 aromatic carbocycles. The average molecular weight is 251 g/mol. The SMILES string of the molecule is CCCn1nccc1CN1CCC(C)C1C(=O)O. The normalized spacial score (nSPS) is 24.6. The third kappa shape index (κ3) is 2.56. The zero-order chi connectivity index (χ0) is 13.1. The number of nitrogens with zero attached hydrogens (tertiary/aromatic N) is 3. The molecule has 2 heterocycles. The van der Waals surface area contributed by atoms with Crippen LogP contribution in [-0.2, 0) is 17.9 Å². The lowest BCUT2D eigenvalue weighted by atomic mass is 10.0. The van der Waals surface area contributed by atoms with E-state index in [1.165, 1.54) is 0 Å². The second-order valence-electron chi connectivity index (χ2n) is 5.07. The second-order valence-corrected chi connectivity index (χ2v) is 5.07. The highest BCUT2D eigenvalue weighted by Gasteiger charge is 2.36. The Morgan fingerprint density at radius 3 is 3.06 bits per heavy atom. The minimum Gasteiger partial charge on any atom is -0.480 e. The van der Waals surface area contributed by atoms with Gasteiger partial charge in [-0.3, -0.25) is 14.4 Å². The van der Waals surface area contributed by atoms with E-state index in [2.05, 4.69) is 16.9 Å². The molecule has 18 heavy (non-hydrogen) atoms. The molecule has 100 valence electrons. The van der Waals surface area contributed by atoms with Crippen LogP contribution in [0.3, 0.4) is 0 Å². The van der Waals surface area contributed by atoms with Gasteiger partial charge in [0.25, 0.3) is 0 Å². The van der Waals surface area contributed by atoms with Crippen LogP contribution in [0.15, 0.2) is 12.3 Å². The maximum atomic E-state index is 11.3. The van der Waals surface area contributed by atoms with Crippen LogP contribution in [0, 0.1) is 5.92 Å². The van der Waals surface area contributed by atoms with Gasteiger partial charge in [-0.05, 0) is 31.4 Å². The fourth-order valence-corrected chi connectivity index (χ4v) is 2.72. The molecule has 2 unspecified atom stereocenters. The third-order valence-electron chi connectivity index (χ3n) is 3.66. The van der Waals surface area contributed by atoms with Crippen molar-refractivity contribution in [3.8, 4) is 0 Å². The van der Waals surface area contributed by atoms with Crippen LogP contribution in [0.4, 0.5) is 0 Å². The first-order chi connectivity index (χ1) is 8.63. The maximum Gasteiger partial charge on any atom is 0.321 e. The fourth-order valence-electron chi connectivity index (χ4n) is 2.72. The average Bonchev–Trinajstić information content (AvgIpc) is 2.88. The van der Waals surface area contributed by atoms with Gasteiger partial charge in [-0.1, -0.05) is 13.8 Å². The Morgan fingerprint density at radius 1 is 1.61 bits per heavy atom. The lowest BCUT2D eigenvalue weighted by molar-refractivity contribution is -0.143. The molecule has 0 radical (unpaired) electrons. The van der Waals surface area contributed by atoms with Crippen molar-refractivity contribution in [3.63, 3.8) is 0 Å². The van der Waals surface area contributed by atoms with Gasteiger partial charge in [-0.2, -0.15) is 5.10 Å². The lowest BCUT2D eigenvalue weighted by Crippen LogP contribution is -2.38. The quantitative estimate of drug-likeness (QED) is 0.863. The Labute approximate surface area is 107 Å². The van der Waals surface area contributed by atoms with Crippen LogP contribution in [0.1, 0.15) is 32.4 Å². The molecule has 5 nitrogen and oxygen atoms in total. The van der Waals surface area contributed by atoms with E-state index in [0.29, 0.717) is 6.54 Å². The number of rotatable bonds is 5. The lowest BCUT2D eigenvalue weighted by Gasteiger charge is -2.23. The highest BCUT2D eigenvalue weighted by Crippen LogP contribution is 2.25. The molecule has 0 spiro atoms. The van der Waals surface area contributed by atoms with Crippen LogP contribution in [0.5, 0.6) is 0 Å². The molecular formula is C13H21N3O2. The number of carboxylic acid groups (broad SMARTS) is 1. The van der Waals surface area contributed by atoms with Crippen molar-refractivity contribution < 1.29 is 9.90 Å². The zero-order valence-electron chi connectivity index (χ0n) is 11.0. The van der Waals surface area contributed by atoms with Gasteiger partial charge in [-0.15, -0.1) is 0 Å². The number of aliphatic carboxylic acids is 1. The van der Waals surface area contributed by atoms with Gasteiger partial charge in [0, 0.05) is 19.3 Å². The van der Waals surface area contributed by atoms with E-state index in [4.69, 9.17) is 0 Å². The van der Waals surface area contributed by atoms with Gasteiger partial charge in [0.05, 0.1) is 5.69 Å². The number of hydrogen-bond donors (Lipinski definition) is 1. The summed E-state index contributed by atoms with van der Waals surface area (Å²) in [6, 6.07) is 1.63. The highest BCUT2D eigenvalue weighted by atomic mass is 16.4. The van der Waals surface area contributed by atoms with Crippen molar-refractivity contribution in [3.05, 3.63) is 18.0 Å². The molecule has 0 aliphatic carbocycles. The third-order valence-corrected chi connectivity index (χ3v) is 3.66. The number of aromatic nitrogens is 2. The monoisotopic (exact) mass is 251 g/mol. The number of likely N-dealkylation sites (tertiary alicyclic amines) is 1. The molecule has 5 heteroatoms. The summed E-state index contributed by atoms with van der Waals surface area (Å²) in [5.41, 5.74) is 1.11. The standard InChI is InChI=1S/C13H21N3O2/c1-3-7-16-11(4-6-14-16)9-15-8-5-10(2)12(15)13(17)18/h4,6,10,12H,3,5,7-9H2,1-2H3,(H,17,18). The van der Waals surface area contributed by atoms with Crippen molar-refractivity contribution in [2.45, 2.75) is 45.8 Å². The van der Waals surface area contributed by atoms with Crippen LogP contribution < -0.4 is 0 Å². The summed E-state index contributed by atoms with van der Waals surface area (Å²) < 4.78 is 1.97. The molecule has 1 saturated heterocycles. The van der Waals surface area contributed by atoms with Gasteiger partial charge in [0.1, 0.15) is 6.04 Å². The first kappa shape index (κ1) is 13.1. The number of hydrogen-bond acceptors (Lipinski definition) is 3.